The Kier molecular flexibility index (Phi) is 5.81. The maximum absolute atomic E-state index is 13.0. The average Bonchev–Trinajstić information content (AvgIpc) is 3.04. The van der Waals surface area contributed by atoms with E-state index in [0.29, 0.717) is 37.0 Å². The second kappa shape index (κ2) is 8.56. The second-order valence-electron chi connectivity index (χ2n) is 7.36. The van der Waals surface area contributed by atoms with Gasteiger partial charge < -0.3 is 15.0 Å². The van der Waals surface area contributed by atoms with Crippen LogP contribution in [0.15, 0.2) is 36.4 Å². The molecule has 166 valence electrons. The largest absolute Gasteiger partial charge is 0.378 e. The number of amides is 3. The van der Waals surface area contributed by atoms with Gasteiger partial charge in [-0.15, -0.1) is 0 Å². The van der Waals surface area contributed by atoms with Crippen LogP contribution in [0.25, 0.3) is 0 Å². The Hall–Kier alpha value is -3.50. The molecule has 1 N–H and O–H groups in total. The van der Waals surface area contributed by atoms with Gasteiger partial charge in [0.25, 0.3) is 17.5 Å². The first-order valence-corrected chi connectivity index (χ1v) is 10.3. The van der Waals surface area contributed by atoms with Crippen molar-refractivity contribution >= 4 is 46.4 Å². The third-order valence-corrected chi connectivity index (χ3v) is 5.69. The fraction of sp³-hybridized carbons (Fsp3) is 0.286. The number of halogens is 1. The molecule has 2 aromatic carbocycles. The van der Waals surface area contributed by atoms with E-state index < -0.39 is 34.4 Å². The number of nitrogens with zero attached hydrogens (tertiary/aromatic N) is 3. The molecule has 2 aromatic rings. The highest BCUT2D eigenvalue weighted by molar-refractivity contribution is 6.31. The summed E-state index contributed by atoms with van der Waals surface area (Å²) >= 11 is 6.12. The summed E-state index contributed by atoms with van der Waals surface area (Å²) in [6.07, 6.45) is 0. The summed E-state index contributed by atoms with van der Waals surface area (Å²) in [4.78, 5) is 52.1. The van der Waals surface area contributed by atoms with Crippen LogP contribution in [-0.4, -0.2) is 59.9 Å². The highest BCUT2D eigenvalue weighted by Gasteiger charge is 2.45. The van der Waals surface area contributed by atoms with Gasteiger partial charge in [-0.25, -0.2) is 0 Å². The quantitative estimate of drug-likeness (QED) is 0.415. The van der Waals surface area contributed by atoms with Crippen LogP contribution in [0.4, 0.5) is 17.1 Å². The monoisotopic (exact) mass is 458 g/mol. The van der Waals surface area contributed by atoms with Crippen molar-refractivity contribution < 1.29 is 24.0 Å². The number of nitro groups is 1. The molecule has 1 atom stereocenters. The van der Waals surface area contributed by atoms with Gasteiger partial charge in [-0.3, -0.25) is 29.4 Å². The molecule has 2 heterocycles. The first-order valence-electron chi connectivity index (χ1n) is 9.88. The Morgan fingerprint density at radius 1 is 1.19 bits per heavy atom. The van der Waals surface area contributed by atoms with Gasteiger partial charge in [-0.1, -0.05) is 17.7 Å². The summed E-state index contributed by atoms with van der Waals surface area (Å²) in [5.74, 6) is -2.26. The van der Waals surface area contributed by atoms with Gasteiger partial charge in [-0.2, -0.15) is 0 Å². The summed E-state index contributed by atoms with van der Waals surface area (Å²) in [7, 11) is 0. The maximum atomic E-state index is 13.0. The van der Waals surface area contributed by atoms with Crippen LogP contribution < -0.4 is 10.2 Å². The molecule has 32 heavy (non-hydrogen) atoms. The van der Waals surface area contributed by atoms with E-state index in [1.807, 2.05) is 4.90 Å². The van der Waals surface area contributed by atoms with Crippen molar-refractivity contribution in [3.63, 3.8) is 0 Å². The average molecular weight is 459 g/mol. The van der Waals surface area contributed by atoms with Crippen LogP contribution in [0.5, 0.6) is 0 Å². The summed E-state index contributed by atoms with van der Waals surface area (Å²) in [6, 6.07) is 7.67. The lowest BCUT2D eigenvalue weighted by Gasteiger charge is -2.31. The Bertz CT molecular complexity index is 1130. The van der Waals surface area contributed by atoms with Crippen LogP contribution >= 0.6 is 11.6 Å². The normalized spacial score (nSPS) is 16.7. The lowest BCUT2D eigenvalue weighted by Crippen LogP contribution is -2.45. The minimum atomic E-state index is -1.21. The molecule has 0 aromatic heterocycles. The van der Waals surface area contributed by atoms with Gasteiger partial charge in [0.2, 0.25) is 5.91 Å². The van der Waals surface area contributed by atoms with E-state index in [4.69, 9.17) is 16.3 Å². The molecule has 0 aliphatic carbocycles. The lowest BCUT2D eigenvalue weighted by atomic mass is 10.1. The first kappa shape index (κ1) is 21.7. The SMILES string of the molecule is C[C@@H](C(=O)Nc1cc(Cl)ccc1N1CCOCC1)N1C(=O)c2cccc([N+](=O)[O-])c2C1=O. The number of hydrogen-bond donors (Lipinski definition) is 1. The fourth-order valence-corrected chi connectivity index (χ4v) is 4.00. The first-order chi connectivity index (χ1) is 15.3. The number of fused-ring (bicyclic) bond motifs is 1. The molecule has 0 bridgehead atoms. The van der Waals surface area contributed by atoms with Gasteiger partial charge in [0, 0.05) is 24.2 Å². The molecular formula is C21H19ClN4O6. The van der Waals surface area contributed by atoms with E-state index in [-0.39, 0.29) is 11.1 Å². The molecule has 0 spiro atoms. The van der Waals surface area contributed by atoms with Crippen molar-refractivity contribution in [1.82, 2.24) is 4.90 Å². The van der Waals surface area contributed by atoms with Crippen LogP contribution in [0.2, 0.25) is 5.02 Å². The van der Waals surface area contributed by atoms with Crippen LogP contribution in [-0.2, 0) is 9.53 Å². The topological polar surface area (TPSA) is 122 Å². The number of nitro benzene ring substituents is 1. The predicted molar refractivity (Wildman–Crippen MR) is 116 cm³/mol. The van der Waals surface area contributed by atoms with Crippen molar-refractivity contribution in [2.24, 2.45) is 0 Å². The molecule has 2 aliphatic rings. The Morgan fingerprint density at radius 2 is 1.91 bits per heavy atom. The number of hydrogen-bond acceptors (Lipinski definition) is 7. The Balaban J connectivity index is 1.60. The second-order valence-corrected chi connectivity index (χ2v) is 7.80. The zero-order valence-electron chi connectivity index (χ0n) is 17.0. The standard InChI is InChI=1S/C21H19ClN4O6/c1-12(25-20(28)14-3-2-4-17(26(30)31)18(14)21(25)29)19(27)23-15-11-13(22)5-6-16(15)24-7-9-32-10-8-24/h2-6,11-12H,7-10H2,1H3,(H,23,27)/t12-/m0/s1. The van der Waals surface area contributed by atoms with Gasteiger partial charge in [-0.05, 0) is 31.2 Å². The number of morpholine rings is 1. The van der Waals surface area contributed by atoms with E-state index in [2.05, 4.69) is 5.32 Å². The predicted octanol–water partition coefficient (Wildman–Crippen LogP) is 2.71. The van der Waals surface area contributed by atoms with Crippen LogP contribution in [0.1, 0.15) is 27.6 Å². The minimum Gasteiger partial charge on any atom is -0.378 e. The van der Waals surface area contributed by atoms with Crippen molar-refractivity contribution in [2.75, 3.05) is 36.5 Å². The summed E-state index contributed by atoms with van der Waals surface area (Å²) in [5.41, 5.74) is 0.287. The number of carbonyl (C=O) groups is 3. The number of benzene rings is 2. The van der Waals surface area contributed by atoms with E-state index >= 15 is 0 Å². The molecule has 4 rings (SSSR count). The molecule has 1 saturated heterocycles. The molecule has 1 fully saturated rings. The van der Waals surface area contributed by atoms with E-state index in [1.54, 1.807) is 18.2 Å². The van der Waals surface area contributed by atoms with Gasteiger partial charge in [0.15, 0.2) is 0 Å². The summed E-state index contributed by atoms with van der Waals surface area (Å²) in [6.45, 7) is 3.73. The lowest BCUT2D eigenvalue weighted by molar-refractivity contribution is -0.385. The molecule has 0 saturated carbocycles. The van der Waals surface area contributed by atoms with Crippen molar-refractivity contribution in [3.8, 4) is 0 Å². The van der Waals surface area contributed by atoms with Gasteiger partial charge >= 0.3 is 0 Å². The van der Waals surface area contributed by atoms with E-state index in [1.165, 1.54) is 19.1 Å². The molecule has 2 aliphatic heterocycles. The number of carbonyl (C=O) groups excluding carboxylic acids is 3. The number of rotatable bonds is 5. The Labute approximate surface area is 187 Å². The summed E-state index contributed by atoms with van der Waals surface area (Å²) in [5, 5.41) is 14.5. The smallest absolute Gasteiger partial charge is 0.282 e. The highest BCUT2D eigenvalue weighted by Crippen LogP contribution is 2.33. The fourth-order valence-electron chi connectivity index (χ4n) is 3.83. The van der Waals surface area contributed by atoms with E-state index in [0.717, 1.165) is 16.7 Å². The zero-order chi connectivity index (χ0) is 23.0. The highest BCUT2D eigenvalue weighted by atomic mass is 35.5. The molecule has 11 heteroatoms. The van der Waals surface area contributed by atoms with Crippen molar-refractivity contribution in [1.29, 1.82) is 0 Å². The number of imide groups is 1. The molecule has 0 radical (unpaired) electrons. The number of anilines is 2. The Morgan fingerprint density at radius 3 is 2.59 bits per heavy atom. The summed E-state index contributed by atoms with van der Waals surface area (Å²) < 4.78 is 5.37. The molecule has 10 nitrogen and oxygen atoms in total. The zero-order valence-corrected chi connectivity index (χ0v) is 17.8. The van der Waals surface area contributed by atoms with E-state index in [9.17, 15) is 24.5 Å². The third kappa shape index (κ3) is 3.78. The van der Waals surface area contributed by atoms with Crippen molar-refractivity contribution in [3.05, 3.63) is 62.7 Å². The maximum Gasteiger partial charge on any atom is 0.282 e. The minimum absolute atomic E-state index is 0.0967. The van der Waals surface area contributed by atoms with Crippen molar-refractivity contribution in [2.45, 2.75) is 13.0 Å². The van der Waals surface area contributed by atoms with Crippen LogP contribution in [0.3, 0.4) is 0 Å². The van der Waals surface area contributed by atoms with Crippen LogP contribution in [0, 0.1) is 10.1 Å². The third-order valence-electron chi connectivity index (χ3n) is 5.46. The molecular weight excluding hydrogens is 440 g/mol. The number of ether oxygens (including phenoxy) is 1. The van der Waals surface area contributed by atoms with Gasteiger partial charge in [0.05, 0.1) is 35.1 Å². The molecule has 3 amide bonds. The number of nitrogens with one attached hydrogen (secondary N) is 1. The van der Waals surface area contributed by atoms with Gasteiger partial charge in [0.1, 0.15) is 11.6 Å². The molecule has 0 unspecified atom stereocenters.